The molecule has 1 heterocycles. The SMILES string of the molecule is [NH]Nc1nc2c(s1)=CC([N+](=O)[O-])C(=O)C=2[N+](=O)[O-]. The Kier molecular flexibility index (Phi) is 2.76. The zero-order valence-corrected chi connectivity index (χ0v) is 9.26. The number of carbonyl (C=O) groups is 1. The van der Waals surface area contributed by atoms with Gasteiger partial charge in [-0.3, -0.25) is 30.4 Å². The molecule has 0 saturated carbocycles. The van der Waals surface area contributed by atoms with Crippen molar-refractivity contribution in [3.8, 4) is 0 Å². The van der Waals surface area contributed by atoms with E-state index < -0.39 is 27.4 Å². The number of rotatable bonds is 3. The second-order valence-electron chi connectivity index (χ2n) is 3.22. The normalized spacial score (nSPS) is 17.9. The lowest BCUT2D eigenvalue weighted by atomic mass is 10.1. The molecule has 18 heavy (non-hydrogen) atoms. The molecular weight excluding hydrogens is 266 g/mol. The van der Waals surface area contributed by atoms with Crippen LogP contribution in [0.3, 0.4) is 0 Å². The molecule has 93 valence electrons. The number of anilines is 1. The molecule has 0 saturated heterocycles. The van der Waals surface area contributed by atoms with E-state index >= 15 is 0 Å². The number of ketones is 1. The van der Waals surface area contributed by atoms with Crippen molar-refractivity contribution < 1.29 is 14.6 Å². The molecular formula is C7H4N5O5S. The number of aromatic nitrogens is 1. The number of fused-ring (bicyclic) bond motifs is 1. The Bertz CT molecular complexity index is 679. The fraction of sp³-hybridized carbons (Fsp3) is 0.143. The first-order valence-corrected chi connectivity index (χ1v) is 5.25. The molecule has 0 bridgehead atoms. The number of hydrogen-bond acceptors (Lipinski definition) is 8. The number of nitro groups is 2. The molecule has 0 aliphatic heterocycles. The average molecular weight is 270 g/mol. The first-order valence-electron chi connectivity index (χ1n) is 4.43. The van der Waals surface area contributed by atoms with E-state index in [4.69, 9.17) is 5.84 Å². The van der Waals surface area contributed by atoms with Crippen LogP contribution in [0.4, 0.5) is 5.13 Å². The number of thiazole rings is 1. The Hall–Kier alpha value is -2.40. The third-order valence-electron chi connectivity index (χ3n) is 2.21. The quantitative estimate of drug-likeness (QED) is 0.499. The topological polar surface area (TPSA) is 152 Å². The molecule has 1 radical (unpaired) electrons. The summed E-state index contributed by atoms with van der Waals surface area (Å²) in [4.78, 5) is 34.9. The summed E-state index contributed by atoms with van der Waals surface area (Å²) in [5.41, 5.74) is 1.01. The van der Waals surface area contributed by atoms with Gasteiger partial charge in [0.1, 0.15) is 0 Å². The lowest BCUT2D eigenvalue weighted by Crippen LogP contribution is -2.43. The van der Waals surface area contributed by atoms with E-state index in [1.807, 2.05) is 5.43 Å². The smallest absolute Gasteiger partial charge is 0.282 e. The van der Waals surface area contributed by atoms with E-state index in [0.29, 0.717) is 0 Å². The predicted octanol–water partition coefficient (Wildman–Crippen LogP) is -1.85. The van der Waals surface area contributed by atoms with Gasteiger partial charge in [-0.05, 0) is 0 Å². The van der Waals surface area contributed by atoms with Gasteiger partial charge in [-0.1, -0.05) is 11.3 Å². The van der Waals surface area contributed by atoms with E-state index in [9.17, 15) is 25.0 Å². The van der Waals surface area contributed by atoms with Gasteiger partial charge < -0.3 is 0 Å². The largest absolute Gasteiger partial charge is 0.346 e. The van der Waals surface area contributed by atoms with Crippen molar-refractivity contribution in [2.45, 2.75) is 6.04 Å². The lowest BCUT2D eigenvalue weighted by molar-refractivity contribution is -0.491. The molecule has 0 fully saturated rings. The van der Waals surface area contributed by atoms with Gasteiger partial charge in [0.05, 0.1) is 9.46 Å². The van der Waals surface area contributed by atoms with Gasteiger partial charge in [0.25, 0.3) is 0 Å². The Morgan fingerprint density at radius 1 is 1.44 bits per heavy atom. The fourth-order valence-corrected chi connectivity index (χ4v) is 2.31. The maximum atomic E-state index is 11.6. The third kappa shape index (κ3) is 1.70. The van der Waals surface area contributed by atoms with Gasteiger partial charge in [-0.25, -0.2) is 4.98 Å². The minimum absolute atomic E-state index is 0.0207. The highest BCUT2D eigenvalue weighted by Gasteiger charge is 2.41. The van der Waals surface area contributed by atoms with Gasteiger partial charge in [-0.15, -0.1) is 0 Å². The molecule has 1 aliphatic carbocycles. The molecule has 1 aromatic rings. The lowest BCUT2D eigenvalue weighted by Gasteiger charge is -2.04. The minimum atomic E-state index is -1.78. The number of nitrogens with zero attached hydrogens (tertiary/aromatic N) is 3. The summed E-state index contributed by atoms with van der Waals surface area (Å²) in [6.07, 6.45) is 1.00. The number of nitrogens with one attached hydrogen (secondary N) is 2. The zero-order valence-electron chi connectivity index (χ0n) is 8.45. The molecule has 0 amide bonds. The van der Waals surface area contributed by atoms with Crippen LogP contribution in [0.15, 0.2) is 0 Å². The standard InChI is InChI=1S/C7H4N5O5S/c8-10-7-9-4-3(18-7)1-2(11(14)15)6(13)5(4)12(16)17/h1-2,8H,(H,9,10). The summed E-state index contributed by atoms with van der Waals surface area (Å²) in [5.74, 6) is 5.66. The van der Waals surface area contributed by atoms with Gasteiger partial charge in [0, 0.05) is 11.0 Å². The minimum Gasteiger partial charge on any atom is -0.282 e. The van der Waals surface area contributed by atoms with Crippen molar-refractivity contribution >= 4 is 34.0 Å². The first-order chi connectivity index (χ1) is 8.45. The van der Waals surface area contributed by atoms with E-state index in [1.54, 1.807) is 0 Å². The molecule has 1 aliphatic rings. The fourth-order valence-electron chi connectivity index (χ4n) is 1.48. The van der Waals surface area contributed by atoms with Crippen LogP contribution in [0.1, 0.15) is 0 Å². The third-order valence-corrected chi connectivity index (χ3v) is 3.14. The van der Waals surface area contributed by atoms with Crippen molar-refractivity contribution in [3.63, 3.8) is 0 Å². The maximum Gasteiger partial charge on any atom is 0.346 e. The molecule has 2 rings (SSSR count). The van der Waals surface area contributed by atoms with Gasteiger partial charge >= 0.3 is 17.5 Å². The predicted molar refractivity (Wildman–Crippen MR) is 58.7 cm³/mol. The maximum absolute atomic E-state index is 11.6. The molecule has 2 N–H and O–H groups in total. The van der Waals surface area contributed by atoms with Crippen LogP contribution in [0.5, 0.6) is 0 Å². The Balaban J connectivity index is 2.81. The molecule has 1 atom stereocenters. The summed E-state index contributed by atoms with van der Waals surface area (Å²) in [7, 11) is 0. The number of Topliss-reactive ketones (excluding diaryl/α,β-unsaturated/α-hetero) is 1. The van der Waals surface area contributed by atoms with Crippen LogP contribution in [0.25, 0.3) is 11.8 Å². The molecule has 1 unspecified atom stereocenters. The molecule has 1 aromatic heterocycles. The first kappa shape index (κ1) is 12.1. The van der Waals surface area contributed by atoms with E-state index in [-0.39, 0.29) is 15.0 Å². The molecule has 0 spiro atoms. The van der Waals surface area contributed by atoms with Crippen LogP contribution in [-0.4, -0.2) is 26.7 Å². The van der Waals surface area contributed by atoms with Crippen molar-refractivity contribution in [3.05, 3.63) is 30.1 Å². The Morgan fingerprint density at radius 2 is 2.11 bits per heavy atom. The van der Waals surface area contributed by atoms with Crippen molar-refractivity contribution in [1.29, 1.82) is 0 Å². The van der Waals surface area contributed by atoms with Crippen molar-refractivity contribution in [2.24, 2.45) is 0 Å². The monoisotopic (exact) mass is 270 g/mol. The molecule has 11 heteroatoms. The van der Waals surface area contributed by atoms with Gasteiger partial charge in [-0.2, -0.15) is 5.84 Å². The van der Waals surface area contributed by atoms with Crippen LogP contribution in [-0.2, 0) is 4.79 Å². The summed E-state index contributed by atoms with van der Waals surface area (Å²) in [6.45, 7) is 0. The highest BCUT2D eigenvalue weighted by molar-refractivity contribution is 7.13. The Labute approximate surface area is 102 Å². The van der Waals surface area contributed by atoms with Crippen LogP contribution in [0.2, 0.25) is 0 Å². The zero-order chi connectivity index (χ0) is 13.4. The second kappa shape index (κ2) is 4.12. The van der Waals surface area contributed by atoms with Crippen LogP contribution < -0.4 is 21.1 Å². The summed E-state index contributed by atoms with van der Waals surface area (Å²) in [6, 6.07) is -1.78. The highest BCUT2D eigenvalue weighted by Crippen LogP contribution is 2.11. The van der Waals surface area contributed by atoms with Gasteiger partial charge in [0.15, 0.2) is 10.5 Å². The number of hydrogen-bond donors (Lipinski definition) is 1. The van der Waals surface area contributed by atoms with Crippen LogP contribution in [0, 0.1) is 20.2 Å². The average Bonchev–Trinajstić information content (AvgIpc) is 2.69. The van der Waals surface area contributed by atoms with Crippen LogP contribution >= 0.6 is 11.3 Å². The second-order valence-corrected chi connectivity index (χ2v) is 4.25. The molecule has 0 aromatic carbocycles. The van der Waals surface area contributed by atoms with Crippen molar-refractivity contribution in [2.75, 3.05) is 5.43 Å². The van der Waals surface area contributed by atoms with Crippen molar-refractivity contribution in [1.82, 2.24) is 10.8 Å². The summed E-state index contributed by atoms with van der Waals surface area (Å²) >= 11 is 0.832. The van der Waals surface area contributed by atoms with E-state index in [2.05, 4.69) is 4.98 Å². The van der Waals surface area contributed by atoms with E-state index in [1.165, 1.54) is 0 Å². The Morgan fingerprint density at radius 3 is 2.61 bits per heavy atom. The number of carbonyl (C=O) groups excluding carboxylic acids is 1. The summed E-state index contributed by atoms with van der Waals surface area (Å²) in [5, 5.41) is 21.3. The summed E-state index contributed by atoms with van der Waals surface area (Å²) < 4.78 is 0.137. The van der Waals surface area contributed by atoms with E-state index in [0.717, 1.165) is 17.4 Å². The highest BCUT2D eigenvalue weighted by atomic mass is 32.1. The van der Waals surface area contributed by atoms with Gasteiger partial charge in [0.2, 0.25) is 0 Å². The molecule has 10 nitrogen and oxygen atoms in total.